The summed E-state index contributed by atoms with van der Waals surface area (Å²) in [6.07, 6.45) is -2.07. The SMILES string of the molecule is COC(=O)NC(=O)[C@@H](C)OC(=O)c1cccc(C)c1N. The van der Waals surface area contributed by atoms with E-state index < -0.39 is 24.1 Å². The van der Waals surface area contributed by atoms with Crippen molar-refractivity contribution in [2.24, 2.45) is 0 Å². The number of amides is 2. The van der Waals surface area contributed by atoms with Crippen LogP contribution in [0.25, 0.3) is 0 Å². The van der Waals surface area contributed by atoms with E-state index in [9.17, 15) is 14.4 Å². The fraction of sp³-hybridized carbons (Fsp3) is 0.308. The number of benzene rings is 1. The average molecular weight is 280 g/mol. The van der Waals surface area contributed by atoms with Crippen molar-refractivity contribution in [1.82, 2.24) is 5.32 Å². The molecule has 0 unspecified atom stereocenters. The van der Waals surface area contributed by atoms with Crippen molar-refractivity contribution in [2.45, 2.75) is 20.0 Å². The van der Waals surface area contributed by atoms with Gasteiger partial charge in [-0.3, -0.25) is 10.1 Å². The zero-order chi connectivity index (χ0) is 15.3. The molecule has 1 atom stereocenters. The molecular formula is C13H16N2O5. The molecule has 2 amide bonds. The zero-order valence-corrected chi connectivity index (χ0v) is 11.4. The number of rotatable bonds is 3. The first kappa shape index (κ1) is 15.5. The van der Waals surface area contributed by atoms with Crippen molar-refractivity contribution in [3.63, 3.8) is 0 Å². The molecule has 0 heterocycles. The molecule has 0 aliphatic carbocycles. The van der Waals surface area contributed by atoms with Crippen molar-refractivity contribution in [3.05, 3.63) is 29.3 Å². The molecule has 0 spiro atoms. The number of anilines is 1. The molecular weight excluding hydrogens is 264 g/mol. The number of methoxy groups -OCH3 is 1. The lowest BCUT2D eigenvalue weighted by Crippen LogP contribution is -2.39. The van der Waals surface area contributed by atoms with Gasteiger partial charge in [0.1, 0.15) is 0 Å². The van der Waals surface area contributed by atoms with Crippen LogP contribution in [0.4, 0.5) is 10.5 Å². The maximum atomic E-state index is 11.9. The highest BCUT2D eigenvalue weighted by atomic mass is 16.6. The number of aryl methyl sites for hydroxylation is 1. The van der Waals surface area contributed by atoms with Gasteiger partial charge in [-0.2, -0.15) is 0 Å². The Morgan fingerprint density at radius 3 is 2.55 bits per heavy atom. The quantitative estimate of drug-likeness (QED) is 0.632. The normalized spacial score (nSPS) is 11.3. The van der Waals surface area contributed by atoms with Gasteiger partial charge in [-0.25, -0.2) is 9.59 Å². The fourth-order valence-corrected chi connectivity index (χ4v) is 1.39. The van der Waals surface area contributed by atoms with E-state index in [1.807, 2.05) is 5.32 Å². The summed E-state index contributed by atoms with van der Waals surface area (Å²) in [6, 6.07) is 4.90. The van der Waals surface area contributed by atoms with Crippen LogP contribution in [-0.4, -0.2) is 31.2 Å². The lowest BCUT2D eigenvalue weighted by molar-refractivity contribution is -0.128. The highest BCUT2D eigenvalue weighted by Gasteiger charge is 2.22. The van der Waals surface area contributed by atoms with E-state index in [4.69, 9.17) is 10.5 Å². The Kier molecular flexibility index (Phi) is 5.08. The third-order valence-corrected chi connectivity index (χ3v) is 2.61. The molecule has 0 fully saturated rings. The second-order valence-corrected chi connectivity index (χ2v) is 4.06. The smallest absolute Gasteiger partial charge is 0.413 e. The van der Waals surface area contributed by atoms with E-state index in [0.29, 0.717) is 0 Å². The van der Waals surface area contributed by atoms with Gasteiger partial charge in [0.2, 0.25) is 0 Å². The van der Waals surface area contributed by atoms with E-state index >= 15 is 0 Å². The first-order chi connectivity index (χ1) is 9.36. The molecule has 0 aliphatic rings. The van der Waals surface area contributed by atoms with E-state index in [1.54, 1.807) is 19.1 Å². The van der Waals surface area contributed by atoms with E-state index in [-0.39, 0.29) is 11.3 Å². The number of alkyl carbamates (subject to hydrolysis) is 1. The number of para-hydroxylation sites is 1. The Hall–Kier alpha value is -2.57. The van der Waals surface area contributed by atoms with Crippen molar-refractivity contribution in [1.29, 1.82) is 0 Å². The Balaban J connectivity index is 2.73. The van der Waals surface area contributed by atoms with Crippen molar-refractivity contribution in [3.8, 4) is 0 Å². The molecule has 0 bridgehead atoms. The average Bonchev–Trinajstić information content (AvgIpc) is 2.41. The molecule has 3 N–H and O–H groups in total. The summed E-state index contributed by atoms with van der Waals surface area (Å²) in [4.78, 5) is 34.3. The van der Waals surface area contributed by atoms with Gasteiger partial charge in [-0.1, -0.05) is 12.1 Å². The van der Waals surface area contributed by atoms with Crippen LogP contribution in [0.1, 0.15) is 22.8 Å². The van der Waals surface area contributed by atoms with Crippen LogP contribution in [0.2, 0.25) is 0 Å². The van der Waals surface area contributed by atoms with Crippen molar-refractivity contribution in [2.75, 3.05) is 12.8 Å². The predicted octanol–water partition coefficient (Wildman–Crippen LogP) is 1.01. The molecule has 1 aromatic rings. The highest BCUT2D eigenvalue weighted by Crippen LogP contribution is 2.17. The summed E-state index contributed by atoms with van der Waals surface area (Å²) in [5.74, 6) is -1.52. The Morgan fingerprint density at radius 2 is 1.95 bits per heavy atom. The lowest BCUT2D eigenvalue weighted by Gasteiger charge is -2.13. The van der Waals surface area contributed by atoms with Gasteiger partial charge in [0.25, 0.3) is 5.91 Å². The summed E-state index contributed by atoms with van der Waals surface area (Å²) < 4.78 is 9.20. The molecule has 108 valence electrons. The van der Waals surface area contributed by atoms with Gasteiger partial charge < -0.3 is 15.2 Å². The number of hydrogen-bond acceptors (Lipinski definition) is 6. The number of nitrogens with one attached hydrogen (secondary N) is 1. The lowest BCUT2D eigenvalue weighted by atomic mass is 10.1. The predicted molar refractivity (Wildman–Crippen MR) is 71.0 cm³/mol. The van der Waals surface area contributed by atoms with E-state index in [1.165, 1.54) is 13.0 Å². The van der Waals surface area contributed by atoms with E-state index in [0.717, 1.165) is 12.7 Å². The van der Waals surface area contributed by atoms with Crippen LogP contribution in [0.15, 0.2) is 18.2 Å². The van der Waals surface area contributed by atoms with Gasteiger partial charge in [-0.05, 0) is 25.5 Å². The summed E-state index contributed by atoms with van der Waals surface area (Å²) in [6.45, 7) is 3.08. The topological polar surface area (TPSA) is 108 Å². The molecule has 1 rings (SSSR count). The number of ether oxygens (including phenoxy) is 2. The maximum Gasteiger partial charge on any atom is 0.413 e. The Bertz CT molecular complexity index is 542. The van der Waals surface area contributed by atoms with Crippen LogP contribution in [0.5, 0.6) is 0 Å². The molecule has 7 heteroatoms. The minimum Gasteiger partial charge on any atom is -0.453 e. The third-order valence-electron chi connectivity index (χ3n) is 2.61. The van der Waals surface area contributed by atoms with Crippen LogP contribution in [0, 0.1) is 6.92 Å². The molecule has 20 heavy (non-hydrogen) atoms. The van der Waals surface area contributed by atoms with Gasteiger partial charge in [-0.15, -0.1) is 0 Å². The Labute approximate surface area is 116 Å². The number of esters is 1. The standard InChI is InChI=1S/C13H16N2O5/c1-7-5-4-6-9(10(7)14)12(17)20-8(2)11(16)15-13(18)19-3/h4-6,8H,14H2,1-3H3,(H,15,16,18)/t8-/m1/s1. The van der Waals surface area contributed by atoms with Crippen molar-refractivity contribution >= 4 is 23.7 Å². The summed E-state index contributed by atoms with van der Waals surface area (Å²) >= 11 is 0. The number of nitrogens with two attached hydrogens (primary N) is 1. The molecule has 0 radical (unpaired) electrons. The highest BCUT2D eigenvalue weighted by molar-refractivity contribution is 5.99. The zero-order valence-electron chi connectivity index (χ0n) is 11.4. The first-order valence-electron chi connectivity index (χ1n) is 5.81. The van der Waals surface area contributed by atoms with Crippen molar-refractivity contribution < 1.29 is 23.9 Å². The van der Waals surface area contributed by atoms with Crippen LogP contribution in [-0.2, 0) is 14.3 Å². The Morgan fingerprint density at radius 1 is 1.30 bits per heavy atom. The summed E-state index contributed by atoms with van der Waals surface area (Å²) in [7, 11) is 1.12. The van der Waals surface area contributed by atoms with Gasteiger partial charge in [0.05, 0.1) is 12.7 Å². The molecule has 0 saturated heterocycles. The van der Waals surface area contributed by atoms with Crippen LogP contribution >= 0.6 is 0 Å². The molecule has 0 aromatic heterocycles. The largest absolute Gasteiger partial charge is 0.453 e. The van der Waals surface area contributed by atoms with Crippen LogP contribution in [0.3, 0.4) is 0 Å². The number of nitrogen functional groups attached to an aromatic ring is 1. The van der Waals surface area contributed by atoms with E-state index in [2.05, 4.69) is 4.74 Å². The molecule has 7 nitrogen and oxygen atoms in total. The number of hydrogen-bond donors (Lipinski definition) is 2. The number of imide groups is 1. The molecule has 0 aliphatic heterocycles. The minimum atomic E-state index is -1.15. The van der Waals surface area contributed by atoms with Crippen LogP contribution < -0.4 is 11.1 Å². The minimum absolute atomic E-state index is 0.169. The molecule has 0 saturated carbocycles. The second-order valence-electron chi connectivity index (χ2n) is 4.06. The number of carbonyl (C=O) groups is 3. The third kappa shape index (κ3) is 3.71. The van der Waals surface area contributed by atoms with Gasteiger partial charge in [0, 0.05) is 5.69 Å². The summed E-state index contributed by atoms with van der Waals surface area (Å²) in [5.41, 5.74) is 6.95. The second kappa shape index (κ2) is 6.55. The monoisotopic (exact) mass is 280 g/mol. The van der Waals surface area contributed by atoms with Gasteiger partial charge >= 0.3 is 12.1 Å². The number of carbonyl (C=O) groups excluding carboxylic acids is 3. The fourth-order valence-electron chi connectivity index (χ4n) is 1.39. The molecule has 1 aromatic carbocycles. The first-order valence-corrected chi connectivity index (χ1v) is 5.81. The maximum absolute atomic E-state index is 11.9. The van der Waals surface area contributed by atoms with Gasteiger partial charge in [0.15, 0.2) is 6.10 Å². The summed E-state index contributed by atoms with van der Waals surface area (Å²) in [5, 5.41) is 1.90.